The fourth-order valence-corrected chi connectivity index (χ4v) is 10.3. The second-order valence-electron chi connectivity index (χ2n) is 22.5. The molecule has 2 atom stereocenters. The second kappa shape index (κ2) is 61.1. The summed E-state index contributed by atoms with van der Waals surface area (Å²) in [5.74, 6) is -0.0467. The van der Waals surface area contributed by atoms with Crippen molar-refractivity contribution >= 4 is 11.9 Å². The Morgan fingerprint density at radius 3 is 0.958 bits per heavy atom. The van der Waals surface area contributed by atoms with Gasteiger partial charge in [0.1, 0.15) is 0 Å². The van der Waals surface area contributed by atoms with Gasteiger partial charge in [-0.3, -0.25) is 9.59 Å². The molecule has 0 saturated heterocycles. The third-order valence-corrected chi connectivity index (χ3v) is 15.3. The highest BCUT2D eigenvalue weighted by Gasteiger charge is 2.18. The van der Waals surface area contributed by atoms with E-state index in [1.807, 2.05) is 6.08 Å². The molecule has 0 aliphatic heterocycles. The van der Waals surface area contributed by atoms with Gasteiger partial charge < -0.3 is 20.3 Å². The van der Waals surface area contributed by atoms with Gasteiger partial charge in [0.15, 0.2) is 0 Å². The van der Waals surface area contributed by atoms with Crippen molar-refractivity contribution in [1.82, 2.24) is 5.32 Å². The minimum absolute atomic E-state index is 0.0186. The van der Waals surface area contributed by atoms with Crippen LogP contribution in [0.1, 0.15) is 367 Å². The molecule has 2 unspecified atom stereocenters. The summed E-state index contributed by atoms with van der Waals surface area (Å²) in [7, 11) is 0. The van der Waals surface area contributed by atoms with Crippen LogP contribution in [0.2, 0.25) is 0 Å². The summed E-state index contributed by atoms with van der Waals surface area (Å²) >= 11 is 0. The topological polar surface area (TPSA) is 95.9 Å². The molecular formula is C65H127NO5. The predicted molar refractivity (Wildman–Crippen MR) is 310 cm³/mol. The van der Waals surface area contributed by atoms with E-state index < -0.39 is 12.1 Å². The van der Waals surface area contributed by atoms with Gasteiger partial charge in [-0.25, -0.2) is 0 Å². The number of amides is 1. The molecule has 0 aromatic rings. The van der Waals surface area contributed by atoms with Gasteiger partial charge in [0.25, 0.3) is 0 Å². The third kappa shape index (κ3) is 57.7. The highest BCUT2D eigenvalue weighted by Crippen LogP contribution is 2.18. The standard InChI is InChI=1S/C65H127NO5/c1-3-5-7-9-11-13-15-17-19-27-31-35-39-43-47-51-55-59-65(70)71-60-56-52-48-44-40-36-32-29-26-24-22-20-21-23-25-28-30-34-38-42-46-50-54-58-64(69)66-62(61-67)63(68)57-53-49-45-41-37-33-18-16-14-12-10-8-6-4-2/h53,57,62-63,67-68H,3-52,54-56,58-61H2,1-2H3,(H,66,69)/b57-53+. The van der Waals surface area contributed by atoms with E-state index in [0.717, 1.165) is 38.5 Å². The molecule has 0 aromatic carbocycles. The van der Waals surface area contributed by atoms with Crippen LogP contribution in [0.4, 0.5) is 0 Å². The Hall–Kier alpha value is -1.40. The molecule has 0 radical (unpaired) electrons. The van der Waals surface area contributed by atoms with E-state index in [-0.39, 0.29) is 18.5 Å². The molecule has 0 saturated carbocycles. The molecule has 0 fully saturated rings. The summed E-state index contributed by atoms with van der Waals surface area (Å²) in [6.45, 7) is 4.93. The zero-order valence-electron chi connectivity index (χ0n) is 48.2. The number of carbonyl (C=O) groups excluding carboxylic acids is 2. The van der Waals surface area contributed by atoms with Crippen molar-refractivity contribution in [2.75, 3.05) is 13.2 Å². The van der Waals surface area contributed by atoms with Gasteiger partial charge in [0, 0.05) is 12.8 Å². The first-order chi connectivity index (χ1) is 35.0. The number of allylic oxidation sites excluding steroid dienone is 1. The first-order valence-corrected chi connectivity index (χ1v) is 32.5. The lowest BCUT2D eigenvalue weighted by Crippen LogP contribution is -2.45. The molecule has 0 bridgehead atoms. The molecule has 71 heavy (non-hydrogen) atoms. The largest absolute Gasteiger partial charge is 0.466 e. The van der Waals surface area contributed by atoms with Crippen LogP contribution < -0.4 is 5.32 Å². The SMILES string of the molecule is CCCCCCCCCCCCCC/C=C/C(O)C(CO)NC(=O)CCCCCCCCCCCCCCCCCCCCCCCCCOC(=O)CCCCCCCCCCCCCCCCCCC. The molecule has 0 aliphatic rings. The van der Waals surface area contributed by atoms with Gasteiger partial charge in [0.05, 0.1) is 25.4 Å². The fourth-order valence-electron chi connectivity index (χ4n) is 10.3. The van der Waals surface area contributed by atoms with Crippen LogP contribution in [0.25, 0.3) is 0 Å². The first kappa shape index (κ1) is 69.6. The molecule has 1 amide bonds. The molecule has 0 heterocycles. The fraction of sp³-hybridized carbons (Fsp3) is 0.938. The number of nitrogens with one attached hydrogen (secondary N) is 1. The molecule has 3 N–H and O–H groups in total. The van der Waals surface area contributed by atoms with E-state index in [1.54, 1.807) is 6.08 Å². The van der Waals surface area contributed by atoms with Crippen molar-refractivity contribution in [2.45, 2.75) is 379 Å². The maximum absolute atomic E-state index is 12.5. The Labute approximate surface area is 444 Å². The number of esters is 1. The Morgan fingerprint density at radius 1 is 0.380 bits per heavy atom. The minimum Gasteiger partial charge on any atom is -0.466 e. The summed E-state index contributed by atoms with van der Waals surface area (Å²) in [6.07, 6.45) is 74.1. The normalized spacial score (nSPS) is 12.6. The van der Waals surface area contributed by atoms with E-state index in [9.17, 15) is 19.8 Å². The van der Waals surface area contributed by atoms with Crippen molar-refractivity contribution in [3.8, 4) is 0 Å². The summed E-state index contributed by atoms with van der Waals surface area (Å²) < 4.78 is 5.50. The summed E-state index contributed by atoms with van der Waals surface area (Å²) in [5.41, 5.74) is 0. The van der Waals surface area contributed by atoms with E-state index >= 15 is 0 Å². The molecule has 0 aliphatic carbocycles. The average Bonchev–Trinajstić information content (AvgIpc) is 3.37. The van der Waals surface area contributed by atoms with Crippen molar-refractivity contribution in [3.05, 3.63) is 12.2 Å². The van der Waals surface area contributed by atoms with Crippen LogP contribution in [0.3, 0.4) is 0 Å². The lowest BCUT2D eigenvalue weighted by atomic mass is 10.0. The molecule has 422 valence electrons. The zero-order valence-corrected chi connectivity index (χ0v) is 48.2. The number of rotatable bonds is 61. The highest BCUT2D eigenvalue weighted by molar-refractivity contribution is 5.76. The van der Waals surface area contributed by atoms with Gasteiger partial charge >= 0.3 is 5.97 Å². The van der Waals surface area contributed by atoms with Crippen molar-refractivity contribution < 1.29 is 24.5 Å². The molecule has 0 aromatic heterocycles. The third-order valence-electron chi connectivity index (χ3n) is 15.3. The maximum atomic E-state index is 12.5. The Morgan fingerprint density at radius 2 is 0.648 bits per heavy atom. The first-order valence-electron chi connectivity index (χ1n) is 32.5. The van der Waals surface area contributed by atoms with Crippen LogP contribution in [-0.4, -0.2) is 47.4 Å². The Bertz CT molecular complexity index is 1060. The van der Waals surface area contributed by atoms with Crippen LogP contribution >= 0.6 is 0 Å². The number of hydrogen-bond donors (Lipinski definition) is 3. The van der Waals surface area contributed by atoms with Crippen LogP contribution in [-0.2, 0) is 14.3 Å². The molecule has 6 heteroatoms. The van der Waals surface area contributed by atoms with Crippen molar-refractivity contribution in [2.24, 2.45) is 0 Å². The quantitative estimate of drug-likeness (QED) is 0.0320. The molecule has 0 spiro atoms. The minimum atomic E-state index is -0.843. The predicted octanol–water partition coefficient (Wildman–Crippen LogP) is 20.4. The number of aliphatic hydroxyl groups is 2. The van der Waals surface area contributed by atoms with E-state index in [4.69, 9.17) is 4.74 Å². The number of hydrogen-bond acceptors (Lipinski definition) is 5. The number of aliphatic hydroxyl groups excluding tert-OH is 2. The van der Waals surface area contributed by atoms with Crippen LogP contribution in [0.15, 0.2) is 12.2 Å². The summed E-state index contributed by atoms with van der Waals surface area (Å²) in [4.78, 5) is 24.6. The molecule has 6 nitrogen and oxygen atoms in total. The van der Waals surface area contributed by atoms with Gasteiger partial charge in [-0.1, -0.05) is 334 Å². The van der Waals surface area contributed by atoms with Crippen LogP contribution in [0.5, 0.6) is 0 Å². The highest BCUT2D eigenvalue weighted by atomic mass is 16.5. The number of ether oxygens (including phenoxy) is 1. The molecular weight excluding hydrogens is 875 g/mol. The summed E-state index contributed by atoms with van der Waals surface area (Å²) in [5, 5.41) is 23.1. The van der Waals surface area contributed by atoms with E-state index in [2.05, 4.69) is 19.2 Å². The van der Waals surface area contributed by atoms with Gasteiger partial charge in [0.2, 0.25) is 5.91 Å². The Balaban J connectivity index is 3.36. The van der Waals surface area contributed by atoms with Gasteiger partial charge in [-0.05, 0) is 32.1 Å². The van der Waals surface area contributed by atoms with E-state index in [1.165, 1.54) is 302 Å². The van der Waals surface area contributed by atoms with E-state index in [0.29, 0.717) is 19.4 Å². The summed E-state index contributed by atoms with van der Waals surface area (Å²) in [6, 6.07) is -0.626. The average molecular weight is 1000 g/mol. The second-order valence-corrected chi connectivity index (χ2v) is 22.5. The van der Waals surface area contributed by atoms with Gasteiger partial charge in [-0.2, -0.15) is 0 Å². The lowest BCUT2D eigenvalue weighted by Gasteiger charge is -2.20. The lowest BCUT2D eigenvalue weighted by molar-refractivity contribution is -0.143. The Kier molecular flexibility index (Phi) is 59.9. The van der Waals surface area contributed by atoms with Crippen LogP contribution in [0, 0.1) is 0 Å². The zero-order chi connectivity index (χ0) is 51.4. The van der Waals surface area contributed by atoms with Gasteiger partial charge in [-0.15, -0.1) is 0 Å². The maximum Gasteiger partial charge on any atom is 0.305 e. The number of carbonyl (C=O) groups is 2. The monoisotopic (exact) mass is 1000 g/mol. The number of unbranched alkanes of at least 4 members (excludes halogenated alkanes) is 50. The van der Waals surface area contributed by atoms with Crippen molar-refractivity contribution in [3.63, 3.8) is 0 Å². The smallest absolute Gasteiger partial charge is 0.305 e. The molecule has 0 rings (SSSR count). The van der Waals surface area contributed by atoms with Crippen molar-refractivity contribution in [1.29, 1.82) is 0 Å².